The van der Waals surface area contributed by atoms with Gasteiger partial charge in [0.2, 0.25) is 0 Å². The average molecular weight is 188 g/mol. The Labute approximate surface area is 83.5 Å². The van der Waals surface area contributed by atoms with Crippen LogP contribution in [0, 0.1) is 0 Å². The van der Waals surface area contributed by atoms with Gasteiger partial charge in [0.15, 0.2) is 0 Å². The topological polar surface area (TPSA) is 26.3 Å². The summed E-state index contributed by atoms with van der Waals surface area (Å²) in [5.74, 6) is -0.427. The van der Waals surface area contributed by atoms with Gasteiger partial charge in [-0.05, 0) is 5.56 Å². The minimum atomic E-state index is -0.427. The molecule has 14 heavy (non-hydrogen) atoms. The Bertz CT molecular complexity index is 339. The normalized spacial score (nSPS) is 9.14. The molecular formula is C12H12O2. The quantitative estimate of drug-likeness (QED) is 0.412. The summed E-state index contributed by atoms with van der Waals surface area (Å²) in [6.07, 6.45) is 1.62. The van der Waals surface area contributed by atoms with Crippen molar-refractivity contribution in [2.75, 3.05) is 0 Å². The van der Waals surface area contributed by atoms with Gasteiger partial charge < -0.3 is 4.74 Å². The van der Waals surface area contributed by atoms with Crippen molar-refractivity contribution in [3.8, 4) is 0 Å². The molecule has 2 heteroatoms. The van der Waals surface area contributed by atoms with Gasteiger partial charge >= 0.3 is 5.97 Å². The maximum Gasteiger partial charge on any atom is 0.338 e. The SMILES string of the molecule is C=COC(=O)C(=C)Cc1ccccc1. The molecule has 0 atom stereocenters. The van der Waals surface area contributed by atoms with Gasteiger partial charge in [0, 0.05) is 12.0 Å². The fourth-order valence-electron chi connectivity index (χ4n) is 1.07. The van der Waals surface area contributed by atoms with Crippen molar-refractivity contribution in [1.82, 2.24) is 0 Å². The first-order valence-corrected chi connectivity index (χ1v) is 4.27. The van der Waals surface area contributed by atoms with Crippen LogP contribution < -0.4 is 0 Å². The Balaban J connectivity index is 2.57. The molecule has 1 aromatic rings. The van der Waals surface area contributed by atoms with Crippen molar-refractivity contribution in [3.63, 3.8) is 0 Å². The molecule has 72 valence electrons. The molecule has 0 unspecified atom stereocenters. The standard InChI is InChI=1S/C12H12O2/c1-3-14-12(13)10(2)9-11-7-5-4-6-8-11/h3-8H,1-2,9H2. The summed E-state index contributed by atoms with van der Waals surface area (Å²) in [7, 11) is 0. The van der Waals surface area contributed by atoms with Crippen LogP contribution >= 0.6 is 0 Å². The Morgan fingerprint density at radius 2 is 2.00 bits per heavy atom. The van der Waals surface area contributed by atoms with Crippen molar-refractivity contribution in [3.05, 3.63) is 60.9 Å². The van der Waals surface area contributed by atoms with Crippen LogP contribution in [0.25, 0.3) is 0 Å². The lowest BCUT2D eigenvalue weighted by Gasteiger charge is -2.02. The summed E-state index contributed by atoms with van der Waals surface area (Å²) in [5.41, 5.74) is 1.47. The highest BCUT2D eigenvalue weighted by Crippen LogP contribution is 2.07. The van der Waals surface area contributed by atoms with Gasteiger partial charge in [-0.15, -0.1) is 0 Å². The third-order valence-electron chi connectivity index (χ3n) is 1.74. The Hall–Kier alpha value is -1.83. The molecule has 1 rings (SSSR count). The number of hydrogen-bond acceptors (Lipinski definition) is 2. The molecule has 0 aliphatic carbocycles. The third-order valence-corrected chi connectivity index (χ3v) is 1.74. The van der Waals surface area contributed by atoms with Gasteiger partial charge in [0.25, 0.3) is 0 Å². The van der Waals surface area contributed by atoms with Crippen LogP contribution in [-0.4, -0.2) is 5.97 Å². The van der Waals surface area contributed by atoms with E-state index in [0.29, 0.717) is 12.0 Å². The number of esters is 1. The molecule has 0 aromatic heterocycles. The average Bonchev–Trinajstić information content (AvgIpc) is 2.19. The van der Waals surface area contributed by atoms with Crippen LogP contribution in [0.3, 0.4) is 0 Å². The number of rotatable bonds is 4. The molecular weight excluding hydrogens is 176 g/mol. The zero-order valence-electron chi connectivity index (χ0n) is 7.90. The largest absolute Gasteiger partial charge is 0.432 e. The number of ether oxygens (including phenoxy) is 1. The van der Waals surface area contributed by atoms with E-state index in [-0.39, 0.29) is 0 Å². The second-order valence-corrected chi connectivity index (χ2v) is 2.84. The summed E-state index contributed by atoms with van der Waals surface area (Å²) >= 11 is 0. The molecule has 0 heterocycles. The first kappa shape index (κ1) is 10.3. The van der Waals surface area contributed by atoms with E-state index in [9.17, 15) is 4.79 Å². The Morgan fingerprint density at radius 3 is 2.57 bits per heavy atom. The summed E-state index contributed by atoms with van der Waals surface area (Å²) in [4.78, 5) is 11.2. The number of carbonyl (C=O) groups is 1. The van der Waals surface area contributed by atoms with Crippen LogP contribution in [0.2, 0.25) is 0 Å². The maximum absolute atomic E-state index is 11.2. The summed E-state index contributed by atoms with van der Waals surface area (Å²) in [6.45, 7) is 6.95. The van der Waals surface area contributed by atoms with Crippen LogP contribution in [0.5, 0.6) is 0 Å². The van der Waals surface area contributed by atoms with Crippen molar-refractivity contribution in [1.29, 1.82) is 0 Å². The molecule has 0 saturated heterocycles. The van der Waals surface area contributed by atoms with E-state index in [0.717, 1.165) is 11.8 Å². The highest BCUT2D eigenvalue weighted by Gasteiger charge is 2.07. The zero-order valence-corrected chi connectivity index (χ0v) is 7.90. The molecule has 1 aromatic carbocycles. The molecule has 0 radical (unpaired) electrons. The Morgan fingerprint density at radius 1 is 1.36 bits per heavy atom. The van der Waals surface area contributed by atoms with Gasteiger partial charge in [-0.2, -0.15) is 0 Å². The van der Waals surface area contributed by atoms with Gasteiger partial charge in [-0.1, -0.05) is 43.5 Å². The summed E-state index contributed by atoms with van der Waals surface area (Å²) < 4.78 is 4.60. The molecule has 0 bridgehead atoms. The smallest absolute Gasteiger partial charge is 0.338 e. The van der Waals surface area contributed by atoms with Gasteiger partial charge in [0.05, 0.1) is 6.26 Å². The van der Waals surface area contributed by atoms with Crippen LogP contribution in [0.15, 0.2) is 55.3 Å². The summed E-state index contributed by atoms with van der Waals surface area (Å²) in [6, 6.07) is 9.63. The molecule has 2 nitrogen and oxygen atoms in total. The number of hydrogen-bond donors (Lipinski definition) is 0. The fraction of sp³-hybridized carbons (Fsp3) is 0.0833. The molecule has 0 aliphatic rings. The number of carbonyl (C=O) groups excluding carboxylic acids is 1. The minimum Gasteiger partial charge on any atom is -0.432 e. The van der Waals surface area contributed by atoms with Gasteiger partial charge in [-0.3, -0.25) is 0 Å². The molecule has 0 fully saturated rings. The van der Waals surface area contributed by atoms with Gasteiger partial charge in [-0.25, -0.2) is 4.79 Å². The highest BCUT2D eigenvalue weighted by atomic mass is 16.5. The molecule has 0 aliphatic heterocycles. The predicted molar refractivity (Wildman–Crippen MR) is 55.6 cm³/mol. The summed E-state index contributed by atoms with van der Waals surface area (Å²) in [5, 5.41) is 0. The number of benzene rings is 1. The van der Waals surface area contributed by atoms with E-state index < -0.39 is 5.97 Å². The molecule has 0 N–H and O–H groups in total. The van der Waals surface area contributed by atoms with Crippen LogP contribution in [-0.2, 0) is 16.0 Å². The van der Waals surface area contributed by atoms with E-state index >= 15 is 0 Å². The second-order valence-electron chi connectivity index (χ2n) is 2.84. The van der Waals surface area contributed by atoms with Crippen molar-refractivity contribution >= 4 is 5.97 Å². The van der Waals surface area contributed by atoms with Crippen molar-refractivity contribution < 1.29 is 9.53 Å². The molecule has 0 spiro atoms. The van der Waals surface area contributed by atoms with E-state index in [1.165, 1.54) is 0 Å². The monoisotopic (exact) mass is 188 g/mol. The van der Waals surface area contributed by atoms with E-state index in [2.05, 4.69) is 17.9 Å². The minimum absolute atomic E-state index is 0.427. The lowest BCUT2D eigenvalue weighted by Crippen LogP contribution is -2.05. The van der Waals surface area contributed by atoms with Crippen LogP contribution in [0.1, 0.15) is 5.56 Å². The first-order chi connectivity index (χ1) is 6.74. The maximum atomic E-state index is 11.2. The van der Waals surface area contributed by atoms with Crippen molar-refractivity contribution in [2.45, 2.75) is 6.42 Å². The second kappa shape index (κ2) is 5.02. The van der Waals surface area contributed by atoms with E-state index in [4.69, 9.17) is 0 Å². The Kier molecular flexibility index (Phi) is 3.68. The van der Waals surface area contributed by atoms with Crippen molar-refractivity contribution in [2.24, 2.45) is 0 Å². The fourth-order valence-corrected chi connectivity index (χ4v) is 1.07. The zero-order chi connectivity index (χ0) is 10.4. The predicted octanol–water partition coefficient (Wildman–Crippen LogP) is 2.47. The molecule has 0 saturated carbocycles. The van der Waals surface area contributed by atoms with E-state index in [1.54, 1.807) is 0 Å². The highest BCUT2D eigenvalue weighted by molar-refractivity contribution is 5.88. The van der Waals surface area contributed by atoms with E-state index in [1.807, 2.05) is 30.3 Å². The lowest BCUT2D eigenvalue weighted by molar-refractivity contribution is -0.133. The first-order valence-electron chi connectivity index (χ1n) is 4.27. The van der Waals surface area contributed by atoms with Gasteiger partial charge in [0.1, 0.15) is 0 Å². The lowest BCUT2D eigenvalue weighted by atomic mass is 10.1. The molecule has 0 amide bonds. The van der Waals surface area contributed by atoms with Crippen LogP contribution in [0.4, 0.5) is 0 Å². The third kappa shape index (κ3) is 2.90.